The van der Waals surface area contributed by atoms with Gasteiger partial charge in [0.05, 0.1) is 30.3 Å². The highest BCUT2D eigenvalue weighted by molar-refractivity contribution is 7.89. The predicted molar refractivity (Wildman–Crippen MR) is 165 cm³/mol. The Kier molecular flexibility index (Phi) is 7.66. The summed E-state index contributed by atoms with van der Waals surface area (Å²) in [5.74, 6) is 0.705. The number of nitrogens with zero attached hydrogens (tertiary/aromatic N) is 3. The highest BCUT2D eigenvalue weighted by Crippen LogP contribution is 2.40. The number of rotatable bonds is 8. The molecule has 42 heavy (non-hydrogen) atoms. The van der Waals surface area contributed by atoms with Crippen molar-refractivity contribution >= 4 is 44.2 Å². The molecule has 2 aliphatic heterocycles. The highest BCUT2D eigenvalue weighted by Gasteiger charge is 2.34. The van der Waals surface area contributed by atoms with Crippen molar-refractivity contribution in [1.82, 2.24) is 8.87 Å². The Bertz CT molecular complexity index is 1800. The first-order valence-electron chi connectivity index (χ1n) is 14.3. The molecule has 0 spiro atoms. The van der Waals surface area contributed by atoms with Gasteiger partial charge in [0.25, 0.3) is 5.91 Å². The van der Waals surface area contributed by atoms with Crippen LogP contribution in [0.1, 0.15) is 29.2 Å². The fourth-order valence-corrected chi connectivity index (χ4v) is 7.12. The van der Waals surface area contributed by atoms with Crippen molar-refractivity contribution in [2.24, 2.45) is 0 Å². The van der Waals surface area contributed by atoms with Crippen molar-refractivity contribution in [3.05, 3.63) is 89.1 Å². The third-order valence-electron chi connectivity index (χ3n) is 8.15. The van der Waals surface area contributed by atoms with Crippen LogP contribution in [0.3, 0.4) is 0 Å². The largest absolute Gasteiger partial charge is 0.492 e. The van der Waals surface area contributed by atoms with Crippen molar-refractivity contribution < 1.29 is 22.7 Å². The van der Waals surface area contributed by atoms with Gasteiger partial charge >= 0.3 is 0 Å². The molecule has 0 aliphatic carbocycles. The number of benzene rings is 3. The van der Waals surface area contributed by atoms with E-state index in [0.29, 0.717) is 57.1 Å². The summed E-state index contributed by atoms with van der Waals surface area (Å²) in [5, 5.41) is 1.01. The maximum absolute atomic E-state index is 13.6. The van der Waals surface area contributed by atoms with Gasteiger partial charge in [-0.05, 0) is 74.4 Å². The standard InChI is InChI=1S/C33H35N3O5S/c1-4-36-32-12-11-27(42(38,39)35-14-16-40-17-15-35)21-29(32)30(33(36)37)20-25-22-34(31-8-6-5-7-28(25)31)13-18-41-26-10-9-23(2)24(3)19-26/h5-12,19-22H,4,13-18H2,1-3H3/b30-20-. The number of carbonyl (C=O) groups is 1. The molecule has 218 valence electrons. The predicted octanol–water partition coefficient (Wildman–Crippen LogP) is 5.27. The van der Waals surface area contributed by atoms with Crippen molar-refractivity contribution in [2.45, 2.75) is 32.2 Å². The monoisotopic (exact) mass is 585 g/mol. The molecular weight excluding hydrogens is 550 g/mol. The quantitative estimate of drug-likeness (QED) is 0.264. The molecule has 2 aliphatic rings. The Morgan fingerprint density at radius 1 is 0.976 bits per heavy atom. The summed E-state index contributed by atoms with van der Waals surface area (Å²) in [6.07, 6.45) is 3.93. The van der Waals surface area contributed by atoms with E-state index in [2.05, 4.69) is 36.6 Å². The zero-order chi connectivity index (χ0) is 29.4. The number of hydrogen-bond donors (Lipinski definition) is 0. The van der Waals surface area contributed by atoms with Gasteiger partial charge in [-0.2, -0.15) is 4.31 Å². The molecule has 9 heteroatoms. The smallest absolute Gasteiger partial charge is 0.258 e. The number of aromatic nitrogens is 1. The second kappa shape index (κ2) is 11.4. The number of hydrogen-bond acceptors (Lipinski definition) is 5. The third-order valence-corrected chi connectivity index (χ3v) is 10.0. The minimum atomic E-state index is -3.71. The molecule has 0 unspecified atom stereocenters. The fourth-order valence-electron chi connectivity index (χ4n) is 5.68. The molecular formula is C33H35N3O5S. The molecule has 8 nitrogen and oxygen atoms in total. The van der Waals surface area contributed by atoms with Crippen LogP contribution in [0.4, 0.5) is 5.69 Å². The van der Waals surface area contributed by atoms with Gasteiger partial charge in [-0.25, -0.2) is 8.42 Å². The Hall–Kier alpha value is -3.92. The minimum Gasteiger partial charge on any atom is -0.492 e. The molecule has 3 heterocycles. The lowest BCUT2D eigenvalue weighted by Crippen LogP contribution is -2.40. The molecule has 1 fully saturated rings. The number of anilines is 1. The number of fused-ring (bicyclic) bond motifs is 2. The summed E-state index contributed by atoms with van der Waals surface area (Å²) in [6.45, 7) is 9.05. The third kappa shape index (κ3) is 5.12. The van der Waals surface area contributed by atoms with Crippen LogP contribution < -0.4 is 9.64 Å². The summed E-state index contributed by atoms with van der Waals surface area (Å²) in [5.41, 5.74) is 6.19. The van der Waals surface area contributed by atoms with Crippen molar-refractivity contribution in [3.8, 4) is 5.75 Å². The van der Waals surface area contributed by atoms with Crippen LogP contribution in [0.25, 0.3) is 22.6 Å². The van der Waals surface area contributed by atoms with E-state index < -0.39 is 10.0 Å². The van der Waals surface area contributed by atoms with Crippen molar-refractivity contribution in [3.63, 3.8) is 0 Å². The van der Waals surface area contributed by atoms with Crippen LogP contribution in [0.2, 0.25) is 0 Å². The molecule has 3 aromatic carbocycles. The molecule has 1 amide bonds. The number of ether oxygens (including phenoxy) is 2. The van der Waals surface area contributed by atoms with Gasteiger partial charge in [0.15, 0.2) is 0 Å². The molecule has 6 rings (SSSR count). The zero-order valence-electron chi connectivity index (χ0n) is 24.2. The number of amides is 1. The first-order chi connectivity index (χ1) is 20.3. The van der Waals surface area contributed by atoms with Crippen LogP contribution in [0.5, 0.6) is 5.75 Å². The van der Waals surface area contributed by atoms with Gasteiger partial charge in [-0.1, -0.05) is 24.3 Å². The lowest BCUT2D eigenvalue weighted by Gasteiger charge is -2.26. The first-order valence-corrected chi connectivity index (χ1v) is 15.8. The van der Waals surface area contributed by atoms with Gasteiger partial charge in [0.2, 0.25) is 10.0 Å². The van der Waals surface area contributed by atoms with E-state index in [1.165, 1.54) is 15.4 Å². The Balaban J connectivity index is 1.34. The summed E-state index contributed by atoms with van der Waals surface area (Å²) in [4.78, 5) is 15.5. The molecule has 0 radical (unpaired) electrons. The average molecular weight is 586 g/mol. The van der Waals surface area contributed by atoms with E-state index in [9.17, 15) is 13.2 Å². The second-order valence-electron chi connectivity index (χ2n) is 10.7. The number of morpholine rings is 1. The molecule has 1 aromatic heterocycles. The van der Waals surface area contributed by atoms with E-state index in [0.717, 1.165) is 27.9 Å². The Morgan fingerprint density at radius 3 is 2.52 bits per heavy atom. The first kappa shape index (κ1) is 28.2. The average Bonchev–Trinajstić information content (AvgIpc) is 3.49. The zero-order valence-corrected chi connectivity index (χ0v) is 25.0. The van der Waals surface area contributed by atoms with Gasteiger partial charge in [0.1, 0.15) is 12.4 Å². The van der Waals surface area contributed by atoms with E-state index in [-0.39, 0.29) is 10.8 Å². The summed E-state index contributed by atoms with van der Waals surface area (Å²) < 4.78 is 41.9. The maximum Gasteiger partial charge on any atom is 0.258 e. The fraction of sp³-hybridized carbons (Fsp3) is 0.303. The summed E-state index contributed by atoms with van der Waals surface area (Å²) >= 11 is 0. The van der Waals surface area contributed by atoms with Crippen LogP contribution in [-0.4, -0.2) is 62.7 Å². The lowest BCUT2D eigenvalue weighted by molar-refractivity contribution is -0.112. The van der Waals surface area contributed by atoms with Crippen LogP contribution in [0, 0.1) is 13.8 Å². The van der Waals surface area contributed by atoms with Crippen molar-refractivity contribution in [2.75, 3.05) is 44.4 Å². The van der Waals surface area contributed by atoms with Gasteiger partial charge < -0.3 is 18.9 Å². The van der Waals surface area contributed by atoms with E-state index in [1.807, 2.05) is 43.5 Å². The number of carbonyl (C=O) groups excluding carboxylic acids is 1. The van der Waals surface area contributed by atoms with Gasteiger partial charge in [0, 0.05) is 53.4 Å². The lowest BCUT2D eigenvalue weighted by atomic mass is 10.0. The topological polar surface area (TPSA) is 81.1 Å². The minimum absolute atomic E-state index is 0.136. The van der Waals surface area contributed by atoms with Crippen LogP contribution in [-0.2, 0) is 26.1 Å². The van der Waals surface area contributed by atoms with Crippen molar-refractivity contribution in [1.29, 1.82) is 0 Å². The van der Waals surface area contributed by atoms with Crippen LogP contribution >= 0.6 is 0 Å². The molecule has 1 saturated heterocycles. The Morgan fingerprint density at radius 2 is 1.76 bits per heavy atom. The molecule has 0 bridgehead atoms. The Labute approximate surface area is 246 Å². The molecule has 0 N–H and O–H groups in total. The van der Waals surface area contributed by atoms with E-state index >= 15 is 0 Å². The van der Waals surface area contributed by atoms with Gasteiger partial charge in [-0.3, -0.25) is 4.79 Å². The normalized spacial score (nSPS) is 16.9. The van der Waals surface area contributed by atoms with Crippen LogP contribution in [0.15, 0.2) is 71.8 Å². The SMILES string of the molecule is CCN1C(=O)/C(=C\c2cn(CCOc3ccc(C)c(C)c3)c3ccccc23)c2cc(S(=O)(=O)N3CCOCC3)ccc21. The second-order valence-corrected chi connectivity index (χ2v) is 12.6. The van der Waals surface area contributed by atoms with E-state index in [1.54, 1.807) is 23.1 Å². The molecule has 0 atom stereocenters. The number of para-hydroxylation sites is 1. The number of likely N-dealkylation sites (N-methyl/N-ethyl adjacent to an activating group) is 1. The summed E-state index contributed by atoms with van der Waals surface area (Å²) in [7, 11) is -3.71. The molecule has 0 saturated carbocycles. The van der Waals surface area contributed by atoms with Gasteiger partial charge in [-0.15, -0.1) is 0 Å². The van der Waals surface area contributed by atoms with E-state index in [4.69, 9.17) is 9.47 Å². The molecule has 4 aromatic rings. The number of aryl methyl sites for hydroxylation is 2. The maximum atomic E-state index is 13.6. The summed E-state index contributed by atoms with van der Waals surface area (Å²) in [6, 6.07) is 19.2. The highest BCUT2D eigenvalue weighted by atomic mass is 32.2. The number of sulfonamides is 1.